The van der Waals surface area contributed by atoms with Crippen molar-refractivity contribution in [3.05, 3.63) is 229 Å². The van der Waals surface area contributed by atoms with Crippen molar-refractivity contribution < 1.29 is 0 Å². The highest BCUT2D eigenvalue weighted by atomic mass is 14.7. The summed E-state index contributed by atoms with van der Waals surface area (Å²) >= 11 is 0. The Morgan fingerprint density at radius 1 is 0.475 bits per heavy atom. The van der Waals surface area contributed by atoms with Gasteiger partial charge in [0.05, 0.1) is 16.7 Å². The van der Waals surface area contributed by atoms with E-state index in [1.165, 1.54) is 43.8 Å². The zero-order valence-electron chi connectivity index (χ0n) is 32.4. The van der Waals surface area contributed by atoms with Gasteiger partial charge in [-0.25, -0.2) is 4.98 Å². The lowest BCUT2D eigenvalue weighted by Crippen LogP contribution is -1.97. The third-order valence-corrected chi connectivity index (χ3v) is 11.9. The SMILES string of the molecule is C=C1/C=C\C=C/Cc2ccccc2/C=C\1c1cc2c(-c3cc4ccccc4c4ccccc34)cc(-c3ccc(-c4ccnc5ccccc45)cc3)nc2c2ccccc12. The van der Waals surface area contributed by atoms with Crippen LogP contribution in [0.3, 0.4) is 0 Å². The predicted octanol–water partition coefficient (Wildman–Crippen LogP) is 15.0. The summed E-state index contributed by atoms with van der Waals surface area (Å²) in [6.07, 6.45) is 13.7. The number of hydrogen-bond donors (Lipinski definition) is 0. The number of benzene rings is 8. The maximum atomic E-state index is 5.58. The Morgan fingerprint density at radius 2 is 1.14 bits per heavy atom. The number of rotatable bonds is 4. The number of hydrogen-bond acceptors (Lipinski definition) is 2. The molecule has 0 unspecified atom stereocenters. The van der Waals surface area contributed by atoms with Crippen LogP contribution in [-0.2, 0) is 6.42 Å². The van der Waals surface area contributed by atoms with Gasteiger partial charge in [0.25, 0.3) is 0 Å². The van der Waals surface area contributed by atoms with E-state index in [-0.39, 0.29) is 0 Å². The fourth-order valence-electron chi connectivity index (χ4n) is 8.99. The lowest BCUT2D eigenvalue weighted by atomic mass is 9.86. The first-order valence-corrected chi connectivity index (χ1v) is 20.2. The van der Waals surface area contributed by atoms with Crippen molar-refractivity contribution in [2.24, 2.45) is 0 Å². The summed E-state index contributed by atoms with van der Waals surface area (Å²) < 4.78 is 0. The van der Waals surface area contributed by atoms with Gasteiger partial charge in [0.15, 0.2) is 0 Å². The van der Waals surface area contributed by atoms with Crippen LogP contribution in [0.5, 0.6) is 0 Å². The van der Waals surface area contributed by atoms with Crippen molar-refractivity contribution in [1.29, 1.82) is 0 Å². The van der Waals surface area contributed by atoms with Gasteiger partial charge in [0, 0.05) is 27.9 Å². The van der Waals surface area contributed by atoms with Gasteiger partial charge in [-0.05, 0) is 120 Å². The molecule has 0 saturated heterocycles. The zero-order valence-corrected chi connectivity index (χ0v) is 32.4. The van der Waals surface area contributed by atoms with Gasteiger partial charge in [-0.1, -0.05) is 170 Å². The average Bonchev–Trinajstić information content (AvgIpc) is 3.30. The van der Waals surface area contributed by atoms with E-state index in [9.17, 15) is 0 Å². The van der Waals surface area contributed by atoms with E-state index < -0.39 is 0 Å². The summed E-state index contributed by atoms with van der Waals surface area (Å²) in [5.41, 5.74) is 14.3. The molecule has 0 N–H and O–H groups in total. The van der Waals surface area contributed by atoms with Gasteiger partial charge < -0.3 is 0 Å². The van der Waals surface area contributed by atoms with Crippen LogP contribution in [0.2, 0.25) is 0 Å². The van der Waals surface area contributed by atoms with Crippen LogP contribution >= 0.6 is 0 Å². The zero-order chi connectivity index (χ0) is 39.3. The van der Waals surface area contributed by atoms with Crippen molar-refractivity contribution in [3.8, 4) is 33.5 Å². The van der Waals surface area contributed by atoms with Gasteiger partial charge in [-0.2, -0.15) is 0 Å². The number of aromatic nitrogens is 2. The number of nitrogens with zero attached hydrogens (tertiary/aromatic N) is 2. The third-order valence-electron chi connectivity index (χ3n) is 11.9. The molecule has 0 bridgehead atoms. The molecule has 0 amide bonds. The van der Waals surface area contributed by atoms with E-state index in [0.29, 0.717) is 0 Å². The maximum Gasteiger partial charge on any atom is 0.0794 e. The van der Waals surface area contributed by atoms with E-state index in [2.05, 4.69) is 206 Å². The first kappa shape index (κ1) is 34.6. The highest BCUT2D eigenvalue weighted by molar-refractivity contribution is 6.21. The molecule has 0 saturated carbocycles. The number of pyridine rings is 2. The van der Waals surface area contributed by atoms with Gasteiger partial charge in [0.2, 0.25) is 0 Å². The van der Waals surface area contributed by atoms with Gasteiger partial charge >= 0.3 is 0 Å². The molecule has 1 aliphatic carbocycles. The van der Waals surface area contributed by atoms with Crippen LogP contribution in [0.1, 0.15) is 16.7 Å². The standard InChI is InChI=1S/C57H38N2/c1-37-15-3-2-4-16-38-17-5-6-18-41(38)33-50(37)52-35-54-53(51-34-42-19-7-8-20-43(42)45-21-9-10-22-46(45)51)36-56(59-57(54)49-25-12-11-23-47(49)52)40-29-27-39(28-30-40)44-31-32-58-55-26-14-13-24-48(44)55/h2-15,17-36H,1,16H2/b4-2-,15-3-,50-33+. The fraction of sp³-hybridized carbons (Fsp3) is 0.0175. The summed E-state index contributed by atoms with van der Waals surface area (Å²) in [4.78, 5) is 10.2. The smallest absolute Gasteiger partial charge is 0.0794 e. The molecule has 276 valence electrons. The van der Waals surface area contributed by atoms with E-state index >= 15 is 0 Å². The Kier molecular flexibility index (Phi) is 8.41. The van der Waals surface area contributed by atoms with Crippen molar-refractivity contribution in [2.75, 3.05) is 0 Å². The van der Waals surface area contributed by atoms with Crippen LogP contribution in [0.25, 0.3) is 99.3 Å². The van der Waals surface area contributed by atoms with Gasteiger partial charge in [-0.15, -0.1) is 0 Å². The highest BCUT2D eigenvalue weighted by Gasteiger charge is 2.20. The van der Waals surface area contributed by atoms with Crippen molar-refractivity contribution in [2.45, 2.75) is 6.42 Å². The molecule has 8 aromatic carbocycles. The molecule has 1 aliphatic rings. The molecular weight excluding hydrogens is 713 g/mol. The Balaban J connectivity index is 1.20. The Labute approximate surface area is 343 Å². The first-order valence-electron chi connectivity index (χ1n) is 20.2. The lowest BCUT2D eigenvalue weighted by Gasteiger charge is -2.19. The van der Waals surface area contributed by atoms with E-state index in [1.807, 2.05) is 12.3 Å². The van der Waals surface area contributed by atoms with Crippen LogP contribution in [0.15, 0.2) is 213 Å². The highest BCUT2D eigenvalue weighted by Crippen LogP contribution is 2.44. The van der Waals surface area contributed by atoms with Crippen molar-refractivity contribution in [1.82, 2.24) is 9.97 Å². The molecule has 59 heavy (non-hydrogen) atoms. The second-order valence-corrected chi connectivity index (χ2v) is 15.3. The number of fused-ring (bicyclic) bond motifs is 8. The summed E-state index contributed by atoms with van der Waals surface area (Å²) in [6, 6.07) is 61.3. The topological polar surface area (TPSA) is 25.8 Å². The molecule has 2 aromatic heterocycles. The summed E-state index contributed by atoms with van der Waals surface area (Å²) in [5.74, 6) is 0. The minimum atomic E-state index is 0.862. The molecule has 0 aliphatic heterocycles. The Hall–Kier alpha value is -7.68. The molecule has 10 aromatic rings. The molecule has 0 radical (unpaired) electrons. The molecule has 2 heteroatoms. The van der Waals surface area contributed by atoms with Crippen LogP contribution in [-0.4, -0.2) is 9.97 Å². The molecule has 0 spiro atoms. The third kappa shape index (κ3) is 6.05. The van der Waals surface area contributed by atoms with E-state index in [4.69, 9.17) is 4.98 Å². The van der Waals surface area contributed by atoms with Crippen molar-refractivity contribution in [3.63, 3.8) is 0 Å². The largest absolute Gasteiger partial charge is 0.256 e. The second-order valence-electron chi connectivity index (χ2n) is 15.3. The molecule has 0 fully saturated rings. The van der Waals surface area contributed by atoms with E-state index in [0.717, 1.165) is 78.1 Å². The fourth-order valence-corrected chi connectivity index (χ4v) is 8.99. The van der Waals surface area contributed by atoms with Crippen LogP contribution in [0, 0.1) is 0 Å². The second kappa shape index (κ2) is 14.4. The summed E-state index contributed by atoms with van der Waals surface area (Å²) in [5, 5.41) is 9.40. The maximum absolute atomic E-state index is 5.58. The number of allylic oxidation sites excluding steroid dienone is 6. The van der Waals surface area contributed by atoms with Crippen molar-refractivity contribution >= 4 is 65.8 Å². The summed E-state index contributed by atoms with van der Waals surface area (Å²) in [6.45, 7) is 4.65. The minimum absolute atomic E-state index is 0.862. The lowest BCUT2D eigenvalue weighted by molar-refractivity contribution is 1.26. The molecule has 0 atom stereocenters. The van der Waals surface area contributed by atoms with Crippen LogP contribution in [0.4, 0.5) is 0 Å². The van der Waals surface area contributed by atoms with Crippen LogP contribution < -0.4 is 0 Å². The molecule has 11 rings (SSSR count). The Morgan fingerprint density at radius 3 is 1.98 bits per heavy atom. The van der Waals surface area contributed by atoms with Gasteiger partial charge in [-0.3, -0.25) is 4.98 Å². The van der Waals surface area contributed by atoms with E-state index in [1.54, 1.807) is 0 Å². The van der Waals surface area contributed by atoms with Gasteiger partial charge in [0.1, 0.15) is 0 Å². The first-order chi connectivity index (χ1) is 29.2. The average molecular weight is 751 g/mol. The molecule has 2 heterocycles. The minimum Gasteiger partial charge on any atom is -0.256 e. The predicted molar refractivity (Wildman–Crippen MR) is 251 cm³/mol. The number of para-hydroxylation sites is 1. The molecular formula is C57H38N2. The molecule has 2 nitrogen and oxygen atoms in total. The monoisotopic (exact) mass is 750 g/mol. The summed E-state index contributed by atoms with van der Waals surface area (Å²) in [7, 11) is 0. The Bertz CT molecular complexity index is 3410. The normalized spacial score (nSPS) is 15.0. The quantitative estimate of drug-likeness (QED) is 0.167.